The molecule has 0 bridgehead atoms. The number of ether oxygens (including phenoxy) is 1. The minimum atomic E-state index is -0.210. The summed E-state index contributed by atoms with van der Waals surface area (Å²) in [6, 6.07) is 1.49. The van der Waals surface area contributed by atoms with Gasteiger partial charge < -0.3 is 20.7 Å². The molecule has 1 amide bonds. The largest absolute Gasteiger partial charge is 0.384 e. The average Bonchev–Trinajstić information content (AvgIpc) is 2.44. The smallest absolute Gasteiger partial charge is 0.242 e. The number of aromatic nitrogens is 2. The molecule has 0 saturated carbocycles. The molecule has 1 aromatic heterocycles. The number of anilines is 2. The van der Waals surface area contributed by atoms with E-state index in [1.165, 1.54) is 0 Å². The van der Waals surface area contributed by atoms with E-state index in [1.54, 1.807) is 6.07 Å². The van der Waals surface area contributed by atoms with Gasteiger partial charge in [-0.25, -0.2) is 9.97 Å². The monoisotopic (exact) mass is 279 g/mol. The van der Waals surface area contributed by atoms with Crippen molar-refractivity contribution in [1.29, 1.82) is 0 Å². The topological polar surface area (TPSA) is 93.4 Å². The van der Waals surface area contributed by atoms with Crippen LogP contribution in [0.15, 0.2) is 6.07 Å². The summed E-state index contributed by atoms with van der Waals surface area (Å²) in [6.07, 6.45) is 0.719. The van der Waals surface area contributed by atoms with E-state index in [1.807, 2.05) is 18.7 Å². The number of hydrogen-bond donors (Lipinski definition) is 2. The summed E-state index contributed by atoms with van der Waals surface area (Å²) in [6.45, 7) is 6.14. The fourth-order valence-corrected chi connectivity index (χ4v) is 2.30. The highest BCUT2D eigenvalue weighted by atomic mass is 16.5. The Bertz CT molecular complexity index is 480. The number of carbonyl (C=O) groups excluding carboxylic acids is 1. The molecule has 110 valence electrons. The number of amides is 1. The molecule has 1 fully saturated rings. The fraction of sp³-hybridized carbons (Fsp3) is 0.615. The maximum Gasteiger partial charge on any atom is 0.242 e. The van der Waals surface area contributed by atoms with E-state index in [4.69, 9.17) is 10.5 Å². The first kappa shape index (κ1) is 14.5. The van der Waals surface area contributed by atoms with E-state index >= 15 is 0 Å². The summed E-state index contributed by atoms with van der Waals surface area (Å²) in [4.78, 5) is 22.5. The zero-order valence-electron chi connectivity index (χ0n) is 11.9. The number of hydrogen-bond acceptors (Lipinski definition) is 6. The Kier molecular flexibility index (Phi) is 4.73. The number of piperazine rings is 1. The Hall–Kier alpha value is -1.89. The van der Waals surface area contributed by atoms with Crippen LogP contribution in [0.5, 0.6) is 0 Å². The molecule has 7 nitrogen and oxygen atoms in total. The molecular weight excluding hydrogens is 258 g/mol. The molecule has 7 heteroatoms. The van der Waals surface area contributed by atoms with Crippen LogP contribution in [0.4, 0.5) is 11.6 Å². The molecule has 1 aromatic rings. The number of rotatable bonds is 5. The van der Waals surface area contributed by atoms with Crippen molar-refractivity contribution in [2.45, 2.75) is 32.9 Å². The molecule has 0 radical (unpaired) electrons. The lowest BCUT2D eigenvalue weighted by atomic mass is 10.1. The average molecular weight is 279 g/mol. The SMILES string of the molecule is CCOCc1nc(N)cc(N2CCNC(=O)C2CC)n1. The lowest BCUT2D eigenvalue weighted by Crippen LogP contribution is -2.55. The van der Waals surface area contributed by atoms with Crippen molar-refractivity contribution >= 4 is 17.5 Å². The first-order chi connectivity index (χ1) is 9.65. The lowest BCUT2D eigenvalue weighted by molar-refractivity contribution is -0.123. The second-order valence-corrected chi connectivity index (χ2v) is 4.61. The summed E-state index contributed by atoms with van der Waals surface area (Å²) < 4.78 is 5.31. The lowest BCUT2D eigenvalue weighted by Gasteiger charge is -2.35. The van der Waals surface area contributed by atoms with Gasteiger partial charge in [-0.15, -0.1) is 0 Å². The second-order valence-electron chi connectivity index (χ2n) is 4.61. The number of nitrogen functional groups attached to an aromatic ring is 1. The van der Waals surface area contributed by atoms with Gasteiger partial charge in [-0.3, -0.25) is 4.79 Å². The van der Waals surface area contributed by atoms with Crippen molar-refractivity contribution < 1.29 is 9.53 Å². The van der Waals surface area contributed by atoms with E-state index in [2.05, 4.69) is 15.3 Å². The van der Waals surface area contributed by atoms with Crippen molar-refractivity contribution in [3.05, 3.63) is 11.9 Å². The molecule has 1 atom stereocenters. The highest BCUT2D eigenvalue weighted by molar-refractivity contribution is 5.86. The molecule has 1 saturated heterocycles. The number of nitrogens with one attached hydrogen (secondary N) is 1. The van der Waals surface area contributed by atoms with Crippen LogP contribution in [0.2, 0.25) is 0 Å². The van der Waals surface area contributed by atoms with Gasteiger partial charge in [0.2, 0.25) is 5.91 Å². The van der Waals surface area contributed by atoms with E-state index < -0.39 is 0 Å². The summed E-state index contributed by atoms with van der Waals surface area (Å²) >= 11 is 0. The van der Waals surface area contributed by atoms with Crippen LogP contribution < -0.4 is 16.0 Å². The Morgan fingerprint density at radius 3 is 3.00 bits per heavy atom. The van der Waals surface area contributed by atoms with Gasteiger partial charge in [-0.05, 0) is 13.3 Å². The van der Waals surface area contributed by atoms with Crippen LogP contribution in [0.1, 0.15) is 26.1 Å². The molecule has 2 heterocycles. The number of carbonyl (C=O) groups is 1. The molecule has 0 aromatic carbocycles. The van der Waals surface area contributed by atoms with Gasteiger partial charge in [0, 0.05) is 25.8 Å². The van der Waals surface area contributed by atoms with E-state index in [9.17, 15) is 4.79 Å². The van der Waals surface area contributed by atoms with Crippen LogP contribution in [0.25, 0.3) is 0 Å². The van der Waals surface area contributed by atoms with Gasteiger partial charge in [-0.1, -0.05) is 6.92 Å². The summed E-state index contributed by atoms with van der Waals surface area (Å²) in [5.74, 6) is 1.66. The summed E-state index contributed by atoms with van der Waals surface area (Å²) in [5.41, 5.74) is 5.83. The first-order valence-electron chi connectivity index (χ1n) is 6.91. The van der Waals surface area contributed by atoms with Crippen molar-refractivity contribution in [2.75, 3.05) is 30.3 Å². The molecule has 1 aliphatic heterocycles. The van der Waals surface area contributed by atoms with Gasteiger partial charge in [0.15, 0.2) is 5.82 Å². The minimum Gasteiger partial charge on any atom is -0.384 e. The number of nitrogens with two attached hydrogens (primary N) is 1. The number of nitrogens with zero attached hydrogens (tertiary/aromatic N) is 3. The highest BCUT2D eigenvalue weighted by Crippen LogP contribution is 2.20. The van der Waals surface area contributed by atoms with Crippen LogP contribution >= 0.6 is 0 Å². The Balaban J connectivity index is 2.25. The zero-order valence-corrected chi connectivity index (χ0v) is 11.9. The van der Waals surface area contributed by atoms with Crippen molar-refractivity contribution in [3.63, 3.8) is 0 Å². The summed E-state index contributed by atoms with van der Waals surface area (Å²) in [7, 11) is 0. The molecule has 1 aliphatic rings. The molecule has 3 N–H and O–H groups in total. The predicted molar refractivity (Wildman–Crippen MR) is 76.2 cm³/mol. The normalized spacial score (nSPS) is 19.0. The van der Waals surface area contributed by atoms with Gasteiger partial charge in [-0.2, -0.15) is 0 Å². The summed E-state index contributed by atoms with van der Waals surface area (Å²) in [5, 5.41) is 2.87. The van der Waals surface area contributed by atoms with E-state index in [-0.39, 0.29) is 11.9 Å². The van der Waals surface area contributed by atoms with Crippen LogP contribution in [-0.2, 0) is 16.1 Å². The van der Waals surface area contributed by atoms with Gasteiger partial charge in [0.05, 0.1) is 0 Å². The molecule has 0 aliphatic carbocycles. The second kappa shape index (κ2) is 6.51. The molecule has 1 unspecified atom stereocenters. The third kappa shape index (κ3) is 3.16. The molecule has 0 spiro atoms. The van der Waals surface area contributed by atoms with Gasteiger partial charge in [0.1, 0.15) is 24.3 Å². The Morgan fingerprint density at radius 2 is 2.30 bits per heavy atom. The Labute approximate surface area is 118 Å². The highest BCUT2D eigenvalue weighted by Gasteiger charge is 2.29. The minimum absolute atomic E-state index is 0.0299. The van der Waals surface area contributed by atoms with Crippen molar-refractivity contribution in [1.82, 2.24) is 15.3 Å². The van der Waals surface area contributed by atoms with Gasteiger partial charge in [0.25, 0.3) is 0 Å². The quantitative estimate of drug-likeness (QED) is 0.805. The fourth-order valence-electron chi connectivity index (χ4n) is 2.30. The van der Waals surface area contributed by atoms with E-state index in [0.29, 0.717) is 37.2 Å². The van der Waals surface area contributed by atoms with E-state index in [0.717, 1.165) is 13.0 Å². The third-order valence-corrected chi connectivity index (χ3v) is 3.23. The van der Waals surface area contributed by atoms with Gasteiger partial charge >= 0.3 is 0 Å². The van der Waals surface area contributed by atoms with Crippen LogP contribution in [0, 0.1) is 0 Å². The maximum atomic E-state index is 11.9. The van der Waals surface area contributed by atoms with Crippen molar-refractivity contribution in [2.24, 2.45) is 0 Å². The Morgan fingerprint density at radius 1 is 1.50 bits per heavy atom. The van der Waals surface area contributed by atoms with Crippen molar-refractivity contribution in [3.8, 4) is 0 Å². The molecular formula is C13H21N5O2. The molecule has 2 rings (SSSR count). The standard InChI is InChI=1S/C13H21N5O2/c1-3-9-13(19)15-5-6-18(9)12-7-10(14)16-11(17-12)8-20-4-2/h7,9H,3-6,8H2,1-2H3,(H,15,19)(H2,14,16,17). The molecule has 20 heavy (non-hydrogen) atoms. The third-order valence-electron chi connectivity index (χ3n) is 3.23. The first-order valence-corrected chi connectivity index (χ1v) is 6.91. The van der Waals surface area contributed by atoms with Crippen LogP contribution in [0.3, 0.4) is 0 Å². The maximum absolute atomic E-state index is 11.9. The predicted octanol–water partition coefficient (Wildman–Crippen LogP) is 0.310. The zero-order chi connectivity index (χ0) is 14.5. The van der Waals surface area contributed by atoms with Crippen LogP contribution in [-0.4, -0.2) is 41.6 Å².